The third-order valence-electron chi connectivity index (χ3n) is 8.59. The molecule has 3 N–H and O–H groups in total. The maximum atomic E-state index is 14.5. The monoisotopic (exact) mass is 630 g/mol. The Hall–Kier alpha value is -3.38. The third-order valence-corrected chi connectivity index (χ3v) is 10.5. The summed E-state index contributed by atoms with van der Waals surface area (Å²) < 4.78 is 31.9. The molecular formula is C29H32FN4O7PS. The van der Waals surface area contributed by atoms with Gasteiger partial charge >= 0.3 is 7.60 Å². The number of halogens is 1. The summed E-state index contributed by atoms with van der Waals surface area (Å²) in [5.41, 5.74) is 0.824. The minimum atomic E-state index is -4.23. The van der Waals surface area contributed by atoms with Crippen molar-refractivity contribution < 1.29 is 37.9 Å². The van der Waals surface area contributed by atoms with E-state index >= 15 is 0 Å². The molecule has 3 aliphatic heterocycles. The van der Waals surface area contributed by atoms with Crippen LogP contribution in [0, 0.1) is 5.95 Å². The number of pyridine rings is 1. The van der Waals surface area contributed by atoms with Crippen molar-refractivity contribution in [3.8, 4) is 5.75 Å². The molecule has 3 fully saturated rings. The van der Waals surface area contributed by atoms with Gasteiger partial charge in [-0.3, -0.25) is 18.9 Å². The van der Waals surface area contributed by atoms with Gasteiger partial charge in [0.05, 0.1) is 23.7 Å². The van der Waals surface area contributed by atoms with Crippen molar-refractivity contribution in [2.45, 2.75) is 62.3 Å². The van der Waals surface area contributed by atoms with Crippen LogP contribution in [-0.4, -0.2) is 80.6 Å². The first-order valence-electron chi connectivity index (χ1n) is 14.2. The number of nitrogens with one attached hydrogen (secondary N) is 1. The molecule has 3 atom stereocenters. The molecule has 0 unspecified atom stereocenters. The van der Waals surface area contributed by atoms with E-state index in [1.807, 2.05) is 0 Å². The second-order valence-corrected chi connectivity index (χ2v) is 14.1. The molecule has 0 aliphatic carbocycles. The molecule has 11 nitrogen and oxygen atoms in total. The molecule has 14 heteroatoms. The molecule has 0 spiro atoms. The zero-order chi connectivity index (χ0) is 30.5. The summed E-state index contributed by atoms with van der Waals surface area (Å²) in [7, 11) is -2.77. The SMILES string of the molecule is COc1ccnc(F)c1C1CN(C(=O)[C@@H]2CC[C@@H]3CCC[C@H](NC(=O)c4cc5cc(CP(=O)(O)O)ccc5s4)C(=O)N32)C1. The summed E-state index contributed by atoms with van der Waals surface area (Å²) in [5, 5.41) is 3.57. The van der Waals surface area contributed by atoms with Gasteiger partial charge in [0, 0.05) is 35.9 Å². The number of benzene rings is 1. The summed E-state index contributed by atoms with van der Waals surface area (Å²) in [5.74, 6) is -1.31. The summed E-state index contributed by atoms with van der Waals surface area (Å²) in [6.07, 6.45) is 4.12. The Balaban J connectivity index is 1.13. The maximum Gasteiger partial charge on any atom is 0.329 e. The van der Waals surface area contributed by atoms with Gasteiger partial charge in [-0.1, -0.05) is 6.07 Å². The number of thiophene rings is 1. The van der Waals surface area contributed by atoms with Crippen LogP contribution < -0.4 is 10.1 Å². The van der Waals surface area contributed by atoms with E-state index in [9.17, 15) is 33.1 Å². The van der Waals surface area contributed by atoms with E-state index in [-0.39, 0.29) is 29.9 Å². The minimum Gasteiger partial charge on any atom is -0.496 e. The Bertz CT molecular complexity index is 1640. The van der Waals surface area contributed by atoms with Crippen molar-refractivity contribution in [2.75, 3.05) is 20.2 Å². The fourth-order valence-corrected chi connectivity index (χ4v) is 8.16. The lowest BCUT2D eigenvalue weighted by molar-refractivity contribution is -0.148. The number of likely N-dealkylation sites (tertiary alicyclic amines) is 1. The molecular weight excluding hydrogens is 598 g/mol. The van der Waals surface area contributed by atoms with Crippen molar-refractivity contribution in [2.24, 2.45) is 0 Å². The van der Waals surface area contributed by atoms with Gasteiger partial charge < -0.3 is 29.6 Å². The lowest BCUT2D eigenvalue weighted by atomic mass is 9.90. The molecule has 0 radical (unpaired) electrons. The second-order valence-electron chi connectivity index (χ2n) is 11.4. The quantitative estimate of drug-likeness (QED) is 0.266. The molecule has 5 heterocycles. The zero-order valence-electron chi connectivity index (χ0n) is 23.4. The fraction of sp³-hybridized carbons (Fsp3) is 0.448. The number of fused-ring (bicyclic) bond motifs is 2. The van der Waals surface area contributed by atoms with Crippen LogP contribution in [0.2, 0.25) is 0 Å². The summed E-state index contributed by atoms with van der Waals surface area (Å²) in [6.45, 7) is 0.617. The van der Waals surface area contributed by atoms with Gasteiger partial charge in [-0.05, 0) is 67.3 Å². The van der Waals surface area contributed by atoms with Crippen molar-refractivity contribution in [3.05, 3.63) is 58.5 Å². The Labute approximate surface area is 251 Å². The first-order chi connectivity index (χ1) is 20.5. The van der Waals surface area contributed by atoms with Gasteiger partial charge in [0.15, 0.2) is 0 Å². The number of methoxy groups -OCH3 is 1. The standard InChI is InChI=1S/C29H32FN4O7PS/c1-41-22-9-10-31-26(30)25(22)18-13-33(14-18)29(37)21-7-6-19-3-2-4-20(28(36)34(19)21)32-27(35)24-12-17-11-16(15-42(38,39)40)5-8-23(17)43-24/h5,8-12,18-21H,2-4,6-7,13-15H2,1H3,(H,32,35)(H2,38,39,40)/t19-,20-,21-/m0/s1. The van der Waals surface area contributed by atoms with Crippen LogP contribution >= 0.6 is 18.9 Å². The van der Waals surface area contributed by atoms with E-state index in [4.69, 9.17) is 4.74 Å². The molecule has 0 bridgehead atoms. The Morgan fingerprint density at radius 3 is 2.70 bits per heavy atom. The number of hydrogen-bond donors (Lipinski definition) is 3. The van der Waals surface area contributed by atoms with Gasteiger partial charge in [0.1, 0.15) is 17.8 Å². The number of rotatable bonds is 7. The van der Waals surface area contributed by atoms with Gasteiger partial charge in [-0.15, -0.1) is 11.3 Å². The van der Waals surface area contributed by atoms with Gasteiger partial charge in [0.2, 0.25) is 17.8 Å². The number of nitrogens with zero attached hydrogens (tertiary/aromatic N) is 3. The average molecular weight is 631 g/mol. The smallest absolute Gasteiger partial charge is 0.329 e. The summed E-state index contributed by atoms with van der Waals surface area (Å²) in [6, 6.07) is 6.78. The Morgan fingerprint density at radius 1 is 1.16 bits per heavy atom. The van der Waals surface area contributed by atoms with Crippen molar-refractivity contribution in [1.82, 2.24) is 20.1 Å². The topological polar surface area (TPSA) is 149 Å². The van der Waals surface area contributed by atoms with E-state index in [1.54, 1.807) is 40.1 Å². The number of ether oxygens (including phenoxy) is 1. The summed E-state index contributed by atoms with van der Waals surface area (Å²) >= 11 is 1.24. The molecule has 6 rings (SSSR count). The van der Waals surface area contributed by atoms with Gasteiger partial charge in [-0.2, -0.15) is 4.39 Å². The van der Waals surface area contributed by atoms with E-state index in [0.29, 0.717) is 59.5 Å². The van der Waals surface area contributed by atoms with Crippen LogP contribution in [0.3, 0.4) is 0 Å². The largest absolute Gasteiger partial charge is 0.496 e. The van der Waals surface area contributed by atoms with E-state index in [1.165, 1.54) is 24.6 Å². The molecule has 228 valence electrons. The third kappa shape index (κ3) is 5.91. The van der Waals surface area contributed by atoms with Crippen molar-refractivity contribution in [3.63, 3.8) is 0 Å². The molecule has 3 saturated heterocycles. The maximum absolute atomic E-state index is 14.5. The molecule has 0 saturated carbocycles. The Morgan fingerprint density at radius 2 is 1.95 bits per heavy atom. The van der Waals surface area contributed by atoms with Gasteiger partial charge in [-0.25, -0.2) is 4.98 Å². The first kappa shape index (κ1) is 29.7. The predicted molar refractivity (Wildman–Crippen MR) is 156 cm³/mol. The molecule has 2 aromatic heterocycles. The highest BCUT2D eigenvalue weighted by atomic mass is 32.1. The van der Waals surface area contributed by atoms with Crippen LogP contribution in [0.4, 0.5) is 4.39 Å². The van der Waals surface area contributed by atoms with Crippen molar-refractivity contribution >= 4 is 46.7 Å². The number of carbonyl (C=O) groups is 3. The minimum absolute atomic E-state index is 0.0759. The Kier molecular flexibility index (Phi) is 8.01. The van der Waals surface area contributed by atoms with Crippen LogP contribution in [0.1, 0.15) is 58.8 Å². The highest BCUT2D eigenvalue weighted by Gasteiger charge is 2.48. The lowest BCUT2D eigenvalue weighted by Gasteiger charge is -2.42. The second kappa shape index (κ2) is 11.6. The molecule has 3 amide bonds. The highest BCUT2D eigenvalue weighted by molar-refractivity contribution is 7.50. The highest BCUT2D eigenvalue weighted by Crippen LogP contribution is 2.41. The molecule has 3 aromatic rings. The number of carbonyl (C=O) groups excluding carboxylic acids is 3. The number of hydrogen-bond acceptors (Lipinski definition) is 7. The zero-order valence-corrected chi connectivity index (χ0v) is 25.2. The van der Waals surface area contributed by atoms with E-state index in [2.05, 4.69) is 10.3 Å². The van der Waals surface area contributed by atoms with Crippen molar-refractivity contribution in [1.29, 1.82) is 0 Å². The van der Waals surface area contributed by atoms with Crippen LogP contribution in [0.15, 0.2) is 36.5 Å². The fourth-order valence-electron chi connectivity index (χ4n) is 6.54. The first-order valence-corrected chi connectivity index (χ1v) is 16.8. The van der Waals surface area contributed by atoms with Gasteiger partial charge in [0.25, 0.3) is 5.91 Å². The number of aromatic nitrogens is 1. The predicted octanol–water partition coefficient (Wildman–Crippen LogP) is 3.39. The van der Waals surface area contributed by atoms with E-state index in [0.717, 1.165) is 17.5 Å². The lowest BCUT2D eigenvalue weighted by Crippen LogP contribution is -2.58. The van der Waals surface area contributed by atoms with Crippen LogP contribution in [0.5, 0.6) is 5.75 Å². The van der Waals surface area contributed by atoms with Crippen LogP contribution in [-0.2, 0) is 20.3 Å². The molecule has 43 heavy (non-hydrogen) atoms. The molecule has 1 aromatic carbocycles. The summed E-state index contributed by atoms with van der Waals surface area (Å²) in [4.78, 5) is 66.6. The van der Waals surface area contributed by atoms with Crippen LogP contribution in [0.25, 0.3) is 10.1 Å². The average Bonchev–Trinajstić information content (AvgIpc) is 3.51. The normalized spacial score (nSPS) is 22.7. The number of amides is 3. The van der Waals surface area contributed by atoms with E-state index < -0.39 is 31.5 Å². The molecule has 3 aliphatic rings.